The summed E-state index contributed by atoms with van der Waals surface area (Å²) in [4.78, 5) is 61.6. The van der Waals surface area contributed by atoms with Crippen LogP contribution in [0.1, 0.15) is 40.5 Å². The molecular formula is C48H61N2O8PSi. The maximum absolute atomic E-state index is 15.4. The Morgan fingerprint density at radius 2 is 1.38 bits per heavy atom. The molecule has 3 aromatic rings. The number of rotatable bonds is 18. The van der Waals surface area contributed by atoms with Crippen LogP contribution in [-0.2, 0) is 33.0 Å². The number of likely N-dealkylation sites (tertiary alicyclic amines) is 2. The molecule has 2 aliphatic heterocycles. The Hall–Kier alpha value is -4.80. The van der Waals surface area contributed by atoms with E-state index >= 15 is 9.59 Å². The minimum atomic E-state index is -3.23. The second-order valence-electron chi connectivity index (χ2n) is 16.7. The molecule has 320 valence electrons. The molecule has 0 saturated carbocycles. The molecule has 5 atom stereocenters. The molecule has 10 nitrogen and oxygen atoms in total. The van der Waals surface area contributed by atoms with Crippen molar-refractivity contribution in [2.75, 3.05) is 33.5 Å². The number of methoxy groups -OCH3 is 1. The first-order valence-electron chi connectivity index (χ1n) is 20.6. The molecular weight excluding hydrogens is 792 g/mol. The second kappa shape index (κ2) is 20.6. The quantitative estimate of drug-likeness (QED) is 0.0350. The average molecular weight is 853 g/mol. The molecule has 2 heterocycles. The molecule has 0 aliphatic carbocycles. The lowest BCUT2D eigenvalue weighted by Crippen LogP contribution is -2.69. The highest BCUT2D eigenvalue weighted by molar-refractivity contribution is 7.96. The number of ketones is 1. The Morgan fingerprint density at radius 1 is 0.867 bits per heavy atom. The van der Waals surface area contributed by atoms with Crippen LogP contribution >= 0.6 is 6.89 Å². The summed E-state index contributed by atoms with van der Waals surface area (Å²) < 4.78 is 23.4. The van der Waals surface area contributed by atoms with E-state index in [2.05, 4.69) is 47.0 Å². The molecule has 2 saturated heterocycles. The second-order valence-corrected chi connectivity index (χ2v) is 22.4. The number of nitrogens with zero attached hydrogens (tertiary/aromatic N) is 2. The van der Waals surface area contributed by atoms with Gasteiger partial charge in [0.1, 0.15) is 18.6 Å². The van der Waals surface area contributed by atoms with Crippen molar-refractivity contribution in [1.82, 2.24) is 9.80 Å². The molecule has 60 heavy (non-hydrogen) atoms. The van der Waals surface area contributed by atoms with Gasteiger partial charge in [0.2, 0.25) is 5.91 Å². The molecule has 2 fully saturated rings. The molecule has 0 bridgehead atoms. The number of β-lactam (4-membered cyclic amide) rings is 1. The minimum Gasteiger partial charge on any atom is -0.457 e. The predicted molar refractivity (Wildman–Crippen MR) is 244 cm³/mol. The van der Waals surface area contributed by atoms with Crippen LogP contribution < -0.4 is 15.9 Å². The minimum absolute atomic E-state index is 0.0549. The van der Waals surface area contributed by atoms with Crippen LogP contribution in [0.3, 0.4) is 0 Å². The number of hydrogen-bond acceptors (Lipinski definition) is 8. The summed E-state index contributed by atoms with van der Waals surface area (Å²) in [7, 11) is 0.0774. The zero-order valence-electron chi connectivity index (χ0n) is 36.1. The summed E-state index contributed by atoms with van der Waals surface area (Å²) in [5.41, 5.74) is 0.233. The van der Waals surface area contributed by atoms with Gasteiger partial charge in [-0.1, -0.05) is 143 Å². The number of ether oxygens (including phenoxy) is 3. The summed E-state index contributed by atoms with van der Waals surface area (Å²) >= 11 is 0. The van der Waals surface area contributed by atoms with E-state index < -0.39 is 51.4 Å². The van der Waals surface area contributed by atoms with Gasteiger partial charge in [0.05, 0.1) is 30.7 Å². The van der Waals surface area contributed by atoms with E-state index in [1.807, 2.05) is 91.0 Å². The molecule has 2 aliphatic rings. The van der Waals surface area contributed by atoms with Crippen LogP contribution in [-0.4, -0.2) is 99.7 Å². The van der Waals surface area contributed by atoms with Gasteiger partial charge in [0, 0.05) is 27.0 Å². The fourth-order valence-electron chi connectivity index (χ4n) is 8.35. The van der Waals surface area contributed by atoms with Crippen molar-refractivity contribution in [3.63, 3.8) is 0 Å². The zero-order chi connectivity index (χ0) is 43.6. The highest BCUT2D eigenvalue weighted by atomic mass is 31.2. The first-order valence-corrected chi connectivity index (χ1v) is 25.2. The van der Waals surface area contributed by atoms with Gasteiger partial charge in [0.25, 0.3) is 0 Å². The van der Waals surface area contributed by atoms with Crippen LogP contribution in [0.4, 0.5) is 4.79 Å². The van der Waals surface area contributed by atoms with Crippen molar-refractivity contribution < 1.29 is 37.8 Å². The fourth-order valence-corrected chi connectivity index (χ4v) is 13.3. The molecule has 12 heteroatoms. The number of benzene rings is 3. The van der Waals surface area contributed by atoms with Gasteiger partial charge in [-0.2, -0.15) is 0 Å². The highest BCUT2D eigenvalue weighted by Gasteiger charge is 2.58. The monoisotopic (exact) mass is 852 g/mol. The van der Waals surface area contributed by atoms with Gasteiger partial charge < -0.3 is 23.5 Å². The molecule has 5 rings (SSSR count). The van der Waals surface area contributed by atoms with Crippen molar-refractivity contribution in [2.45, 2.75) is 71.8 Å². The number of hydrogen-bond donors (Lipinski definition) is 0. The Balaban J connectivity index is 1.77. The Labute approximate surface area is 357 Å². The first-order chi connectivity index (χ1) is 28.7. The van der Waals surface area contributed by atoms with Crippen LogP contribution in [0.25, 0.3) is 0 Å². The number of esters is 1. The SMILES string of the molecule is C=CCOC(=O)C(N1C(=O)[C@@H]([C@@H](CO[SiH](C)C)C(C)(C)C)[C@H]1CC(=O)C(C)=C[C@@H]1C[C@@H](OC)CN1C(=O)OCC=C)=P(c1ccccc1)(c1ccccc1)c1ccccc1. The first kappa shape index (κ1) is 46.3. The van der Waals surface area contributed by atoms with Gasteiger partial charge in [0.15, 0.2) is 14.8 Å². The smallest absolute Gasteiger partial charge is 0.410 e. The van der Waals surface area contributed by atoms with E-state index in [0.717, 1.165) is 15.9 Å². The molecule has 0 unspecified atom stereocenters. The Morgan fingerprint density at radius 3 is 1.85 bits per heavy atom. The topological polar surface area (TPSA) is 112 Å². The third-order valence-electron chi connectivity index (χ3n) is 11.4. The lowest BCUT2D eigenvalue weighted by atomic mass is 9.65. The standard InChI is InChI=1S/C48H61N2O8PSi/c1-10-27-56-46(53)45(59(37-21-15-12-16-22-37,38-23-17-13-18-24-38)39-25-19-14-20-26-39)50-41(43(44(50)52)40(48(4,5)6)33-58-60(8)9)31-42(51)34(3)29-35-30-36(55-7)32-49(35)47(54)57-28-11-2/h10-26,29,35-36,40-41,43,60H,1-2,27-28,30-33H2,3-9H3/t35-,36-,40-,41-,43+/m1/s1. The Kier molecular flexibility index (Phi) is 15.9. The van der Waals surface area contributed by atoms with Crippen molar-refractivity contribution in [3.8, 4) is 0 Å². The number of allylic oxidation sites excluding steroid dienone is 1. The van der Waals surface area contributed by atoms with E-state index in [1.54, 1.807) is 29.9 Å². The summed E-state index contributed by atoms with van der Waals surface area (Å²) in [6.07, 6.45) is 4.45. The number of amides is 2. The van der Waals surface area contributed by atoms with E-state index in [1.165, 1.54) is 12.2 Å². The number of Topliss-reactive ketones (excluding diaryl/α,β-unsaturated/α-hetero) is 1. The van der Waals surface area contributed by atoms with E-state index in [0.29, 0.717) is 25.1 Å². The van der Waals surface area contributed by atoms with E-state index in [4.69, 9.17) is 18.6 Å². The molecule has 3 aromatic carbocycles. The van der Waals surface area contributed by atoms with Gasteiger partial charge in [-0.3, -0.25) is 14.5 Å². The fraction of sp³-hybridized carbons (Fsp3) is 0.396. The largest absolute Gasteiger partial charge is 0.457 e. The van der Waals surface area contributed by atoms with Gasteiger partial charge in [-0.25, -0.2) is 9.59 Å². The maximum atomic E-state index is 15.4. The lowest BCUT2D eigenvalue weighted by Gasteiger charge is -2.54. The third kappa shape index (κ3) is 10.0. The highest BCUT2D eigenvalue weighted by Crippen LogP contribution is 2.52. The Bertz CT molecular complexity index is 1980. The van der Waals surface area contributed by atoms with Gasteiger partial charge >= 0.3 is 12.1 Å². The van der Waals surface area contributed by atoms with E-state index in [9.17, 15) is 9.59 Å². The molecule has 0 spiro atoms. The molecule has 2 amide bonds. The van der Waals surface area contributed by atoms with Crippen molar-refractivity contribution >= 4 is 61.0 Å². The number of carbonyl (C=O) groups is 4. The van der Waals surface area contributed by atoms with Crippen molar-refractivity contribution in [1.29, 1.82) is 0 Å². The van der Waals surface area contributed by atoms with Gasteiger partial charge in [-0.05, 0) is 59.3 Å². The average Bonchev–Trinajstić information content (AvgIpc) is 3.66. The lowest BCUT2D eigenvalue weighted by molar-refractivity contribution is -0.160. The van der Waals surface area contributed by atoms with Crippen molar-refractivity contribution in [2.24, 2.45) is 17.3 Å². The van der Waals surface area contributed by atoms with Crippen LogP contribution in [0.15, 0.2) is 128 Å². The summed E-state index contributed by atoms with van der Waals surface area (Å²) in [5, 5.41) is 2.55. The zero-order valence-corrected chi connectivity index (χ0v) is 38.2. The van der Waals surface area contributed by atoms with Crippen LogP contribution in [0.2, 0.25) is 13.1 Å². The van der Waals surface area contributed by atoms with Gasteiger partial charge in [-0.15, -0.1) is 0 Å². The van der Waals surface area contributed by atoms with E-state index in [-0.39, 0.29) is 48.8 Å². The summed E-state index contributed by atoms with van der Waals surface area (Å²) in [5.74, 6) is -2.06. The third-order valence-corrected chi connectivity index (χ3v) is 16.5. The normalized spacial score (nSPS) is 20.0. The summed E-state index contributed by atoms with van der Waals surface area (Å²) in [6, 6.07) is 28.2. The molecule has 0 aromatic heterocycles. The predicted octanol–water partition coefficient (Wildman–Crippen LogP) is 6.65. The molecule has 0 radical (unpaired) electrons. The maximum Gasteiger partial charge on any atom is 0.410 e. The van der Waals surface area contributed by atoms with Crippen LogP contribution in [0, 0.1) is 17.3 Å². The summed E-state index contributed by atoms with van der Waals surface area (Å²) in [6.45, 7) is 17.1. The number of carbonyl (C=O) groups excluding carboxylic acids is 4. The van der Waals surface area contributed by atoms with Crippen molar-refractivity contribution in [3.05, 3.63) is 128 Å². The molecule has 0 N–H and O–H groups in total. The van der Waals surface area contributed by atoms with Crippen LogP contribution in [0.5, 0.6) is 0 Å².